The molecule has 32 heavy (non-hydrogen) atoms. The highest BCUT2D eigenvalue weighted by atomic mass is 79.9. The third kappa shape index (κ3) is 3.72. The van der Waals surface area contributed by atoms with Crippen molar-refractivity contribution in [1.82, 2.24) is 0 Å². The van der Waals surface area contributed by atoms with E-state index in [2.05, 4.69) is 26.6 Å². The number of carbonyl (C=O) groups excluding carboxylic acids is 2. The van der Waals surface area contributed by atoms with Gasteiger partial charge in [0.05, 0.1) is 38.7 Å². The van der Waals surface area contributed by atoms with Crippen LogP contribution in [0.2, 0.25) is 0 Å². The lowest BCUT2D eigenvalue weighted by atomic mass is 9.75. The Kier molecular flexibility index (Phi) is 6.15. The molecular weight excluding hydrogens is 476 g/mol. The van der Waals surface area contributed by atoms with Gasteiger partial charge < -0.3 is 24.8 Å². The Morgan fingerprint density at radius 3 is 2.38 bits per heavy atom. The fraction of sp³-hybridized carbons (Fsp3) is 0.333. The first-order chi connectivity index (χ1) is 15.4. The second-order valence-electron chi connectivity index (χ2n) is 7.92. The largest absolute Gasteiger partial charge is 0.493 e. The molecule has 3 atom stereocenters. The third-order valence-corrected chi connectivity index (χ3v) is 6.73. The molecule has 2 aromatic rings. The van der Waals surface area contributed by atoms with Crippen LogP contribution in [0.3, 0.4) is 0 Å². The van der Waals surface area contributed by atoms with Gasteiger partial charge in [0.1, 0.15) is 5.92 Å². The van der Waals surface area contributed by atoms with Crippen LogP contribution in [0.5, 0.6) is 11.5 Å². The molecule has 3 unspecified atom stereocenters. The zero-order valence-electron chi connectivity index (χ0n) is 18.3. The van der Waals surface area contributed by atoms with Gasteiger partial charge in [0.2, 0.25) is 0 Å². The van der Waals surface area contributed by atoms with E-state index in [4.69, 9.17) is 14.2 Å². The molecule has 0 spiro atoms. The maximum absolute atomic E-state index is 13.7. The third-order valence-electron chi connectivity index (χ3n) is 6.04. The van der Waals surface area contributed by atoms with Crippen molar-refractivity contribution in [3.8, 4) is 11.5 Å². The van der Waals surface area contributed by atoms with E-state index in [1.807, 2.05) is 43.3 Å². The van der Waals surface area contributed by atoms with E-state index in [1.165, 1.54) is 7.11 Å². The molecule has 4 rings (SSSR count). The summed E-state index contributed by atoms with van der Waals surface area (Å²) in [6.07, 6.45) is 0.540. The predicted molar refractivity (Wildman–Crippen MR) is 125 cm³/mol. The van der Waals surface area contributed by atoms with Gasteiger partial charge in [-0.1, -0.05) is 35.0 Å². The number of esters is 1. The molecule has 1 aliphatic carbocycles. The van der Waals surface area contributed by atoms with Gasteiger partial charge in [0, 0.05) is 15.7 Å². The monoisotopic (exact) mass is 500 g/mol. The number of carbonyl (C=O) groups is 2. The topological polar surface area (TPSA) is 85.9 Å². The minimum atomic E-state index is -0.856. The van der Waals surface area contributed by atoms with Crippen LogP contribution in [0, 0.1) is 11.8 Å². The molecule has 2 aromatic carbocycles. The van der Waals surface area contributed by atoms with Crippen molar-refractivity contribution >= 4 is 39.1 Å². The van der Waals surface area contributed by atoms with Gasteiger partial charge in [-0.25, -0.2) is 0 Å². The summed E-state index contributed by atoms with van der Waals surface area (Å²) >= 11 is 3.64. The van der Waals surface area contributed by atoms with E-state index in [1.54, 1.807) is 14.2 Å². The highest BCUT2D eigenvalue weighted by molar-refractivity contribution is 9.10. The molecule has 0 saturated heterocycles. The smallest absolute Gasteiger partial charge is 0.316 e. The summed E-state index contributed by atoms with van der Waals surface area (Å²) in [6.45, 7) is 1.90. The van der Waals surface area contributed by atoms with Crippen molar-refractivity contribution in [2.45, 2.75) is 19.4 Å². The van der Waals surface area contributed by atoms with Crippen molar-refractivity contribution in [2.24, 2.45) is 11.8 Å². The standard InChI is InChI=1S/C24H25BrN2O5/c1-12-9-17-21(23(28)20(12)24(29)32-4)22(27-16-8-6-5-7-15(16)26-17)13-10-18(30-2)19(31-3)11-14(13)25/h5-8,10-12,20,22,26-27H,9H2,1-4H3. The van der Waals surface area contributed by atoms with Crippen LogP contribution in [-0.2, 0) is 14.3 Å². The summed E-state index contributed by atoms with van der Waals surface area (Å²) in [5.41, 5.74) is 3.83. The van der Waals surface area contributed by atoms with Gasteiger partial charge in [-0.05, 0) is 42.2 Å². The lowest BCUT2D eigenvalue weighted by Crippen LogP contribution is -2.39. The van der Waals surface area contributed by atoms with Gasteiger partial charge in [0.25, 0.3) is 0 Å². The van der Waals surface area contributed by atoms with E-state index < -0.39 is 17.9 Å². The van der Waals surface area contributed by atoms with Crippen molar-refractivity contribution < 1.29 is 23.8 Å². The molecule has 8 heteroatoms. The summed E-state index contributed by atoms with van der Waals surface area (Å²) in [5, 5.41) is 6.95. The van der Waals surface area contributed by atoms with E-state index in [9.17, 15) is 9.59 Å². The zero-order valence-corrected chi connectivity index (χ0v) is 19.9. The Labute approximate surface area is 195 Å². The van der Waals surface area contributed by atoms with Crippen LogP contribution in [0.1, 0.15) is 24.9 Å². The number of benzene rings is 2. The van der Waals surface area contributed by atoms with E-state index in [0.717, 1.165) is 27.1 Å². The van der Waals surface area contributed by atoms with Crippen LogP contribution in [0.4, 0.5) is 11.4 Å². The van der Waals surface area contributed by atoms with Crippen LogP contribution < -0.4 is 20.1 Å². The van der Waals surface area contributed by atoms with Gasteiger partial charge in [-0.2, -0.15) is 0 Å². The quantitative estimate of drug-likeness (QED) is 0.464. The highest BCUT2D eigenvalue weighted by Crippen LogP contribution is 2.46. The van der Waals surface area contributed by atoms with Gasteiger partial charge in [-0.15, -0.1) is 0 Å². The first-order valence-electron chi connectivity index (χ1n) is 10.3. The first kappa shape index (κ1) is 22.2. The minimum Gasteiger partial charge on any atom is -0.493 e. The Balaban J connectivity index is 1.92. The van der Waals surface area contributed by atoms with Gasteiger partial charge in [0.15, 0.2) is 17.3 Å². The van der Waals surface area contributed by atoms with Crippen molar-refractivity contribution in [3.63, 3.8) is 0 Å². The first-order valence-corrected chi connectivity index (χ1v) is 11.1. The Hall–Kier alpha value is -3.00. The second kappa shape index (κ2) is 8.86. The fourth-order valence-electron chi connectivity index (χ4n) is 4.46. The number of halogens is 1. The average molecular weight is 501 g/mol. The second-order valence-corrected chi connectivity index (χ2v) is 8.77. The number of fused-ring (bicyclic) bond motifs is 1. The number of ether oxygens (including phenoxy) is 3. The molecule has 0 amide bonds. The van der Waals surface area contributed by atoms with Crippen molar-refractivity contribution in [2.75, 3.05) is 32.0 Å². The van der Waals surface area contributed by atoms with Gasteiger partial charge in [-0.3, -0.25) is 9.59 Å². The molecule has 0 radical (unpaired) electrons. The number of ketones is 1. The predicted octanol–water partition coefficient (Wildman–Crippen LogP) is 4.70. The molecule has 0 fully saturated rings. The van der Waals surface area contributed by atoms with Crippen LogP contribution >= 0.6 is 15.9 Å². The van der Waals surface area contributed by atoms with Crippen molar-refractivity contribution in [1.29, 1.82) is 0 Å². The van der Waals surface area contributed by atoms with Crippen LogP contribution in [0.15, 0.2) is 52.1 Å². The summed E-state index contributed by atoms with van der Waals surface area (Å²) in [4.78, 5) is 26.2. The Morgan fingerprint density at radius 1 is 1.06 bits per heavy atom. The number of hydrogen-bond donors (Lipinski definition) is 2. The molecule has 7 nitrogen and oxygen atoms in total. The number of para-hydroxylation sites is 2. The number of hydrogen-bond acceptors (Lipinski definition) is 7. The maximum Gasteiger partial charge on any atom is 0.316 e. The average Bonchev–Trinajstić information content (AvgIpc) is 2.95. The molecule has 0 bridgehead atoms. The molecule has 168 valence electrons. The molecule has 2 aliphatic rings. The minimum absolute atomic E-state index is 0.194. The summed E-state index contributed by atoms with van der Waals surface area (Å²) < 4.78 is 16.6. The molecule has 2 N–H and O–H groups in total. The van der Waals surface area contributed by atoms with Crippen LogP contribution in [-0.4, -0.2) is 33.1 Å². The zero-order chi connectivity index (χ0) is 23.0. The molecule has 1 aliphatic heterocycles. The molecule has 0 saturated carbocycles. The SMILES string of the molecule is COC(=O)C1C(=O)C2=C(CC1C)Nc1ccccc1NC2c1cc(OC)c(OC)cc1Br. The normalized spacial score (nSPS) is 22.0. The maximum atomic E-state index is 13.7. The lowest BCUT2D eigenvalue weighted by Gasteiger charge is -2.33. The number of anilines is 2. The van der Waals surface area contributed by atoms with E-state index >= 15 is 0 Å². The number of nitrogens with one attached hydrogen (secondary N) is 2. The number of allylic oxidation sites excluding steroid dienone is 1. The van der Waals surface area contributed by atoms with Crippen LogP contribution in [0.25, 0.3) is 0 Å². The summed E-state index contributed by atoms with van der Waals surface area (Å²) in [7, 11) is 4.45. The lowest BCUT2D eigenvalue weighted by molar-refractivity contribution is -0.151. The van der Waals surface area contributed by atoms with Gasteiger partial charge >= 0.3 is 5.97 Å². The Bertz CT molecular complexity index is 1110. The van der Waals surface area contributed by atoms with Crippen molar-refractivity contribution in [3.05, 3.63) is 57.7 Å². The number of methoxy groups -OCH3 is 3. The van der Waals surface area contributed by atoms with E-state index in [0.29, 0.717) is 23.5 Å². The molecule has 0 aromatic heterocycles. The molecule has 1 heterocycles. The summed E-state index contributed by atoms with van der Waals surface area (Å²) in [6, 6.07) is 10.9. The Morgan fingerprint density at radius 2 is 1.72 bits per heavy atom. The highest BCUT2D eigenvalue weighted by Gasteiger charge is 2.44. The van der Waals surface area contributed by atoms with E-state index in [-0.39, 0.29) is 11.7 Å². The number of Topliss-reactive ketones (excluding diaryl/α,β-unsaturated/α-hetero) is 1. The molecular formula is C24H25BrN2O5. The number of rotatable bonds is 4. The fourth-order valence-corrected chi connectivity index (χ4v) is 5.01. The summed E-state index contributed by atoms with van der Waals surface area (Å²) in [5.74, 6) is -0.696.